The molecule has 3 heteroatoms. The summed E-state index contributed by atoms with van der Waals surface area (Å²) in [5, 5.41) is 4.57. The molecule has 1 aliphatic rings. The molecule has 0 amide bonds. The van der Waals surface area contributed by atoms with Crippen LogP contribution in [0.1, 0.15) is 42.5 Å². The van der Waals surface area contributed by atoms with Crippen LogP contribution in [0.25, 0.3) is 0 Å². The fourth-order valence-electron chi connectivity index (χ4n) is 2.47. The molecule has 0 saturated heterocycles. The van der Waals surface area contributed by atoms with Crippen molar-refractivity contribution < 1.29 is 4.74 Å². The Morgan fingerprint density at radius 1 is 1.32 bits per heavy atom. The molecule has 3 rings (SSSR count). The van der Waals surface area contributed by atoms with Crippen molar-refractivity contribution in [3.63, 3.8) is 0 Å². The predicted molar refractivity (Wildman–Crippen MR) is 75.7 cm³/mol. The highest BCUT2D eigenvalue weighted by Crippen LogP contribution is 2.43. The maximum absolute atomic E-state index is 5.34. The van der Waals surface area contributed by atoms with E-state index in [9.17, 15) is 0 Å². The zero-order valence-corrected chi connectivity index (χ0v) is 11.6. The molecule has 1 fully saturated rings. The fraction of sp³-hybridized carbons (Fsp3) is 0.438. The van der Waals surface area contributed by atoms with Crippen LogP contribution in [0.15, 0.2) is 30.5 Å². The van der Waals surface area contributed by atoms with Crippen LogP contribution in [0, 0.1) is 0 Å². The Bertz CT molecular complexity index is 570. The zero-order valence-electron chi connectivity index (χ0n) is 11.6. The van der Waals surface area contributed by atoms with Crippen LogP contribution in [0.5, 0.6) is 5.75 Å². The molecule has 1 saturated carbocycles. The van der Waals surface area contributed by atoms with Gasteiger partial charge in [0.2, 0.25) is 0 Å². The molecule has 2 aromatic rings. The normalized spacial score (nSPS) is 14.6. The average Bonchev–Trinajstić information content (AvgIpc) is 3.19. The van der Waals surface area contributed by atoms with Gasteiger partial charge in [0.25, 0.3) is 0 Å². The van der Waals surface area contributed by atoms with Gasteiger partial charge >= 0.3 is 0 Å². The first-order valence-electron chi connectivity index (χ1n) is 6.99. The van der Waals surface area contributed by atoms with E-state index in [1.807, 2.05) is 10.7 Å². The van der Waals surface area contributed by atoms with E-state index in [1.54, 1.807) is 7.11 Å². The molecule has 0 N–H and O–H groups in total. The number of hydrogen-bond acceptors (Lipinski definition) is 2. The lowest BCUT2D eigenvalue weighted by atomic mass is 10.0. The van der Waals surface area contributed by atoms with Crippen molar-refractivity contribution in [3.05, 3.63) is 47.3 Å². The molecule has 0 atom stereocenters. The van der Waals surface area contributed by atoms with Crippen molar-refractivity contribution in [2.24, 2.45) is 0 Å². The lowest BCUT2D eigenvalue weighted by molar-refractivity contribution is 0.414. The second kappa shape index (κ2) is 5.08. The summed E-state index contributed by atoms with van der Waals surface area (Å²) in [4.78, 5) is 0. The third-order valence-corrected chi connectivity index (χ3v) is 3.76. The number of ether oxygens (including phenoxy) is 1. The fourth-order valence-corrected chi connectivity index (χ4v) is 2.47. The summed E-state index contributed by atoms with van der Waals surface area (Å²) in [6.07, 6.45) is 5.67. The van der Waals surface area contributed by atoms with Gasteiger partial charge < -0.3 is 4.74 Å². The highest BCUT2D eigenvalue weighted by atomic mass is 16.5. The Morgan fingerprint density at radius 2 is 2.16 bits per heavy atom. The van der Waals surface area contributed by atoms with E-state index in [2.05, 4.69) is 36.4 Å². The van der Waals surface area contributed by atoms with Crippen molar-refractivity contribution in [2.45, 2.75) is 38.6 Å². The van der Waals surface area contributed by atoms with E-state index >= 15 is 0 Å². The number of benzene rings is 1. The molecule has 0 spiro atoms. The van der Waals surface area contributed by atoms with Crippen LogP contribution in [-0.4, -0.2) is 16.9 Å². The summed E-state index contributed by atoms with van der Waals surface area (Å²) in [6, 6.07) is 8.52. The quantitative estimate of drug-likeness (QED) is 0.820. The first-order chi connectivity index (χ1) is 9.30. The highest BCUT2D eigenvalue weighted by molar-refractivity contribution is 5.40. The molecule has 3 nitrogen and oxygen atoms in total. The Balaban J connectivity index is 1.86. The zero-order chi connectivity index (χ0) is 13.2. The molecule has 1 aliphatic carbocycles. The van der Waals surface area contributed by atoms with E-state index in [4.69, 9.17) is 4.74 Å². The molecule has 100 valence electrons. The number of nitrogens with zero attached hydrogens (tertiary/aromatic N) is 2. The minimum Gasteiger partial charge on any atom is -0.497 e. The van der Waals surface area contributed by atoms with Crippen molar-refractivity contribution in [3.8, 4) is 5.75 Å². The molecule has 0 radical (unpaired) electrons. The smallest absolute Gasteiger partial charge is 0.119 e. The predicted octanol–water partition coefficient (Wildman–Crippen LogP) is 3.38. The molecule has 1 aromatic carbocycles. The maximum Gasteiger partial charge on any atom is 0.119 e. The third kappa shape index (κ3) is 2.65. The van der Waals surface area contributed by atoms with Crippen LogP contribution in [0.4, 0.5) is 0 Å². The monoisotopic (exact) mass is 256 g/mol. The van der Waals surface area contributed by atoms with E-state index in [-0.39, 0.29) is 0 Å². The van der Waals surface area contributed by atoms with Gasteiger partial charge in [-0.3, -0.25) is 4.68 Å². The van der Waals surface area contributed by atoms with Crippen LogP contribution >= 0.6 is 0 Å². The van der Waals surface area contributed by atoms with Gasteiger partial charge in [-0.2, -0.15) is 5.10 Å². The second-order valence-corrected chi connectivity index (χ2v) is 5.20. The van der Waals surface area contributed by atoms with Crippen molar-refractivity contribution >= 4 is 0 Å². The third-order valence-electron chi connectivity index (χ3n) is 3.76. The SMILES string of the molecule is CCc1ccn(Cc2ccc(OC)cc2C2CC2)n1. The summed E-state index contributed by atoms with van der Waals surface area (Å²) in [7, 11) is 1.73. The van der Waals surface area contributed by atoms with Crippen molar-refractivity contribution in [1.29, 1.82) is 0 Å². The first kappa shape index (κ1) is 12.3. The highest BCUT2D eigenvalue weighted by Gasteiger charge is 2.26. The summed E-state index contributed by atoms with van der Waals surface area (Å²) < 4.78 is 7.37. The Kier molecular flexibility index (Phi) is 3.28. The molecular weight excluding hydrogens is 236 g/mol. The molecule has 0 bridgehead atoms. The Morgan fingerprint density at radius 3 is 2.79 bits per heavy atom. The number of hydrogen-bond donors (Lipinski definition) is 0. The molecule has 0 unspecified atom stereocenters. The summed E-state index contributed by atoms with van der Waals surface area (Å²) in [5.74, 6) is 1.69. The molecular formula is C16H20N2O. The average molecular weight is 256 g/mol. The second-order valence-electron chi connectivity index (χ2n) is 5.20. The van der Waals surface area contributed by atoms with Gasteiger partial charge in [0.05, 0.1) is 19.3 Å². The topological polar surface area (TPSA) is 27.1 Å². The van der Waals surface area contributed by atoms with Gasteiger partial charge in [-0.15, -0.1) is 0 Å². The number of aryl methyl sites for hydroxylation is 1. The standard InChI is InChI=1S/C16H20N2O/c1-3-14-8-9-18(17-14)11-13-6-7-15(19-2)10-16(13)12-4-5-12/h6-10,12H,3-5,11H2,1-2H3. The Hall–Kier alpha value is -1.77. The van der Waals surface area contributed by atoms with E-state index in [0.29, 0.717) is 0 Å². The lowest BCUT2D eigenvalue weighted by Gasteiger charge is -2.11. The molecule has 19 heavy (non-hydrogen) atoms. The van der Waals surface area contributed by atoms with Gasteiger partial charge in [0.1, 0.15) is 5.75 Å². The largest absolute Gasteiger partial charge is 0.497 e. The maximum atomic E-state index is 5.34. The molecule has 0 aliphatic heterocycles. The van der Waals surface area contributed by atoms with Gasteiger partial charge in [0, 0.05) is 6.20 Å². The Labute approximate surface area is 114 Å². The molecule has 1 aromatic heterocycles. The lowest BCUT2D eigenvalue weighted by Crippen LogP contribution is -2.04. The first-order valence-corrected chi connectivity index (χ1v) is 6.99. The summed E-state index contributed by atoms with van der Waals surface area (Å²) in [6.45, 7) is 2.99. The van der Waals surface area contributed by atoms with Crippen LogP contribution in [-0.2, 0) is 13.0 Å². The van der Waals surface area contributed by atoms with E-state index < -0.39 is 0 Å². The van der Waals surface area contributed by atoms with Crippen molar-refractivity contribution in [1.82, 2.24) is 9.78 Å². The summed E-state index contributed by atoms with van der Waals surface area (Å²) >= 11 is 0. The van der Waals surface area contributed by atoms with Crippen LogP contribution < -0.4 is 4.74 Å². The van der Waals surface area contributed by atoms with E-state index in [1.165, 1.54) is 24.0 Å². The number of aromatic nitrogens is 2. The van der Waals surface area contributed by atoms with Gasteiger partial charge in [-0.25, -0.2) is 0 Å². The van der Waals surface area contributed by atoms with Crippen LogP contribution in [0.3, 0.4) is 0 Å². The minimum atomic E-state index is 0.728. The number of rotatable bonds is 5. The number of methoxy groups -OCH3 is 1. The van der Waals surface area contributed by atoms with E-state index in [0.717, 1.165) is 30.3 Å². The van der Waals surface area contributed by atoms with Crippen molar-refractivity contribution in [2.75, 3.05) is 7.11 Å². The molecule has 1 heterocycles. The van der Waals surface area contributed by atoms with Gasteiger partial charge in [0.15, 0.2) is 0 Å². The van der Waals surface area contributed by atoms with Gasteiger partial charge in [-0.1, -0.05) is 13.0 Å². The van der Waals surface area contributed by atoms with Crippen LogP contribution in [0.2, 0.25) is 0 Å². The van der Waals surface area contributed by atoms with Gasteiger partial charge in [-0.05, 0) is 54.5 Å². The summed E-state index contributed by atoms with van der Waals surface area (Å²) in [5.41, 5.74) is 3.96. The minimum absolute atomic E-state index is 0.728.